The van der Waals surface area contributed by atoms with Gasteiger partial charge in [-0.05, 0) is 55.5 Å². The number of anilines is 2. The van der Waals surface area contributed by atoms with Gasteiger partial charge in [0.15, 0.2) is 0 Å². The van der Waals surface area contributed by atoms with Crippen LogP contribution in [0.5, 0.6) is 5.75 Å². The molecule has 2 aromatic rings. The number of aryl methyl sites for hydroxylation is 1. The number of methoxy groups -OCH3 is 1. The van der Waals surface area contributed by atoms with Crippen LogP contribution in [0.4, 0.5) is 11.4 Å². The van der Waals surface area contributed by atoms with E-state index in [1.807, 2.05) is 30.3 Å². The molecule has 2 fully saturated rings. The maximum absolute atomic E-state index is 13.2. The van der Waals surface area contributed by atoms with Gasteiger partial charge in [0, 0.05) is 32.6 Å². The van der Waals surface area contributed by atoms with Crippen molar-refractivity contribution >= 4 is 27.3 Å². The molecule has 0 saturated carbocycles. The van der Waals surface area contributed by atoms with Gasteiger partial charge in [-0.3, -0.25) is 4.79 Å². The number of carbonyl (C=O) groups is 1. The summed E-state index contributed by atoms with van der Waals surface area (Å²) in [7, 11) is -2.05. The molecular weight excluding hydrogens is 454 g/mol. The van der Waals surface area contributed by atoms with Crippen LogP contribution in [0.2, 0.25) is 0 Å². The minimum Gasteiger partial charge on any atom is -0.496 e. The van der Waals surface area contributed by atoms with Crippen LogP contribution in [0.1, 0.15) is 31.2 Å². The molecule has 2 heterocycles. The molecule has 8 nitrogen and oxygen atoms in total. The number of para-hydroxylation sites is 1. The standard InChI is InChI=1S/C25H33N3O5S/c1-32-24-8-4-3-7-20(24)9-12-25(29)26-22-19-21(34(30,31)28-15-17-33-18-16-28)10-11-23(22)27-13-5-2-6-14-27/h3-4,7-8,10-11,19H,2,5-6,9,12-18H2,1H3,(H,26,29). The summed E-state index contributed by atoms with van der Waals surface area (Å²) >= 11 is 0. The van der Waals surface area contributed by atoms with Crippen molar-refractivity contribution in [2.45, 2.75) is 37.0 Å². The first kappa shape index (κ1) is 24.5. The van der Waals surface area contributed by atoms with Gasteiger partial charge in [0.25, 0.3) is 0 Å². The van der Waals surface area contributed by atoms with Crippen molar-refractivity contribution in [2.24, 2.45) is 0 Å². The Hall–Kier alpha value is -2.62. The van der Waals surface area contributed by atoms with Crippen molar-refractivity contribution in [1.29, 1.82) is 0 Å². The van der Waals surface area contributed by atoms with Crippen LogP contribution < -0.4 is 15.0 Å². The van der Waals surface area contributed by atoms with Crippen molar-refractivity contribution in [2.75, 3.05) is 56.7 Å². The predicted octanol–water partition coefficient (Wildman–Crippen LogP) is 3.28. The summed E-state index contributed by atoms with van der Waals surface area (Å²) in [5.41, 5.74) is 2.37. The number of ether oxygens (including phenoxy) is 2. The Kier molecular flexibility index (Phi) is 8.07. The zero-order valence-corrected chi connectivity index (χ0v) is 20.5. The Balaban J connectivity index is 1.56. The summed E-state index contributed by atoms with van der Waals surface area (Å²) in [5, 5.41) is 3.00. The second-order valence-electron chi connectivity index (χ2n) is 8.60. The number of hydrogen-bond acceptors (Lipinski definition) is 6. The molecule has 0 spiro atoms. The van der Waals surface area contributed by atoms with Crippen LogP contribution in [-0.4, -0.2) is 65.1 Å². The van der Waals surface area contributed by atoms with Crippen LogP contribution in [0.25, 0.3) is 0 Å². The highest BCUT2D eigenvalue weighted by atomic mass is 32.2. The molecule has 184 valence electrons. The summed E-state index contributed by atoms with van der Waals surface area (Å²) in [6, 6.07) is 12.7. The lowest BCUT2D eigenvalue weighted by atomic mass is 10.1. The lowest BCUT2D eigenvalue weighted by molar-refractivity contribution is -0.116. The highest BCUT2D eigenvalue weighted by molar-refractivity contribution is 7.89. The third-order valence-corrected chi connectivity index (χ3v) is 8.26. The summed E-state index contributed by atoms with van der Waals surface area (Å²) in [6.07, 6.45) is 4.13. The summed E-state index contributed by atoms with van der Waals surface area (Å²) in [6.45, 7) is 3.21. The first-order valence-corrected chi connectivity index (χ1v) is 13.3. The zero-order valence-electron chi connectivity index (χ0n) is 19.7. The molecule has 2 aromatic carbocycles. The highest BCUT2D eigenvalue weighted by Gasteiger charge is 2.28. The molecule has 0 unspecified atom stereocenters. The van der Waals surface area contributed by atoms with Crippen molar-refractivity contribution in [1.82, 2.24) is 4.31 Å². The number of carbonyl (C=O) groups excluding carboxylic acids is 1. The molecule has 0 aliphatic carbocycles. The van der Waals surface area contributed by atoms with Gasteiger partial charge in [0.2, 0.25) is 15.9 Å². The lowest BCUT2D eigenvalue weighted by Gasteiger charge is -2.31. The number of morpholine rings is 1. The number of hydrogen-bond donors (Lipinski definition) is 1. The molecule has 34 heavy (non-hydrogen) atoms. The van der Waals surface area contributed by atoms with Crippen molar-refractivity contribution in [3.05, 3.63) is 48.0 Å². The predicted molar refractivity (Wildman–Crippen MR) is 132 cm³/mol. The maximum atomic E-state index is 13.2. The summed E-state index contributed by atoms with van der Waals surface area (Å²) < 4.78 is 38.6. The van der Waals surface area contributed by atoms with E-state index < -0.39 is 10.0 Å². The van der Waals surface area contributed by atoms with E-state index in [-0.39, 0.29) is 17.2 Å². The Labute approximate surface area is 201 Å². The molecule has 9 heteroatoms. The minimum atomic E-state index is -3.67. The Bertz CT molecular complexity index is 1090. The van der Waals surface area contributed by atoms with Gasteiger partial charge in [-0.2, -0.15) is 4.31 Å². The van der Waals surface area contributed by atoms with Crippen LogP contribution in [-0.2, 0) is 26.0 Å². The van der Waals surface area contributed by atoms with Crippen molar-refractivity contribution < 1.29 is 22.7 Å². The van der Waals surface area contributed by atoms with Crippen LogP contribution in [0, 0.1) is 0 Å². The van der Waals surface area contributed by atoms with Gasteiger partial charge in [0.1, 0.15) is 5.75 Å². The van der Waals surface area contributed by atoms with E-state index in [0.29, 0.717) is 38.4 Å². The van der Waals surface area contributed by atoms with Gasteiger partial charge in [-0.15, -0.1) is 0 Å². The van der Waals surface area contributed by atoms with Crippen LogP contribution in [0.15, 0.2) is 47.4 Å². The fraction of sp³-hybridized carbons (Fsp3) is 0.480. The average Bonchev–Trinajstić information content (AvgIpc) is 2.88. The fourth-order valence-corrected chi connectivity index (χ4v) is 5.93. The Morgan fingerprint density at radius 1 is 1.03 bits per heavy atom. The van der Waals surface area contributed by atoms with Crippen molar-refractivity contribution in [3.63, 3.8) is 0 Å². The number of benzene rings is 2. The Morgan fingerprint density at radius 2 is 1.76 bits per heavy atom. The number of piperidine rings is 1. The van der Waals surface area contributed by atoms with Crippen molar-refractivity contribution in [3.8, 4) is 5.75 Å². The fourth-order valence-electron chi connectivity index (χ4n) is 4.49. The minimum absolute atomic E-state index is 0.162. The van der Waals surface area contributed by atoms with Gasteiger partial charge in [-0.1, -0.05) is 18.2 Å². The number of nitrogens with zero attached hydrogens (tertiary/aromatic N) is 2. The summed E-state index contributed by atoms with van der Waals surface area (Å²) in [5.74, 6) is 0.591. The third-order valence-electron chi connectivity index (χ3n) is 6.36. The molecule has 2 aliphatic heterocycles. The van der Waals surface area contributed by atoms with Crippen LogP contribution >= 0.6 is 0 Å². The Morgan fingerprint density at radius 3 is 2.50 bits per heavy atom. The quantitative estimate of drug-likeness (QED) is 0.615. The van der Waals surface area contributed by atoms with E-state index in [4.69, 9.17) is 9.47 Å². The van der Waals surface area contributed by atoms with E-state index >= 15 is 0 Å². The molecule has 0 atom stereocenters. The monoisotopic (exact) mass is 487 g/mol. The van der Waals surface area contributed by atoms with Gasteiger partial charge in [0.05, 0.1) is 36.6 Å². The molecule has 0 bridgehead atoms. The van der Waals surface area contributed by atoms with Crippen LogP contribution in [0.3, 0.4) is 0 Å². The van der Waals surface area contributed by atoms with Gasteiger partial charge in [-0.25, -0.2) is 8.42 Å². The molecule has 1 N–H and O–H groups in total. The number of nitrogens with one attached hydrogen (secondary N) is 1. The molecule has 0 radical (unpaired) electrons. The van der Waals surface area contributed by atoms with Gasteiger partial charge < -0.3 is 19.7 Å². The molecule has 2 aliphatic rings. The molecule has 0 aromatic heterocycles. The number of sulfonamides is 1. The molecule has 2 saturated heterocycles. The van der Waals surface area contributed by atoms with E-state index in [9.17, 15) is 13.2 Å². The second-order valence-corrected chi connectivity index (χ2v) is 10.5. The second kappa shape index (κ2) is 11.2. The number of rotatable bonds is 8. The summed E-state index contributed by atoms with van der Waals surface area (Å²) in [4.78, 5) is 15.4. The average molecular weight is 488 g/mol. The van der Waals surface area contributed by atoms with E-state index in [1.54, 1.807) is 19.2 Å². The lowest BCUT2D eigenvalue weighted by Crippen LogP contribution is -2.40. The van der Waals surface area contributed by atoms with E-state index in [1.165, 1.54) is 10.7 Å². The van der Waals surface area contributed by atoms with Gasteiger partial charge >= 0.3 is 0 Å². The zero-order chi connectivity index (χ0) is 24.0. The largest absolute Gasteiger partial charge is 0.496 e. The highest BCUT2D eigenvalue weighted by Crippen LogP contribution is 2.32. The molecule has 4 rings (SSSR count). The smallest absolute Gasteiger partial charge is 0.243 e. The topological polar surface area (TPSA) is 88.2 Å². The molecular formula is C25H33N3O5S. The maximum Gasteiger partial charge on any atom is 0.243 e. The first-order chi connectivity index (χ1) is 16.5. The number of amides is 1. The molecule has 1 amide bonds. The first-order valence-electron chi connectivity index (χ1n) is 11.9. The normalized spacial score (nSPS) is 17.4. The van der Waals surface area contributed by atoms with E-state index in [2.05, 4.69) is 10.2 Å². The van der Waals surface area contributed by atoms with E-state index in [0.717, 1.165) is 42.9 Å². The SMILES string of the molecule is COc1ccccc1CCC(=O)Nc1cc(S(=O)(=O)N2CCOCC2)ccc1N1CCCCC1. The third kappa shape index (κ3) is 5.71.